The van der Waals surface area contributed by atoms with Gasteiger partial charge in [0.05, 0.1) is 6.61 Å². The maximum Gasteiger partial charge on any atom is 0.0587 e. The van der Waals surface area contributed by atoms with Crippen molar-refractivity contribution in [1.82, 2.24) is 5.32 Å². The molecule has 2 nitrogen and oxygen atoms in total. The maximum atomic E-state index is 9.46. The van der Waals surface area contributed by atoms with Crippen molar-refractivity contribution >= 4 is 0 Å². The van der Waals surface area contributed by atoms with Crippen molar-refractivity contribution in [3.8, 4) is 0 Å². The Balaban J connectivity index is 1.62. The van der Waals surface area contributed by atoms with Crippen LogP contribution in [0.1, 0.15) is 24.0 Å². The monoisotopic (exact) mass is 283 g/mol. The van der Waals surface area contributed by atoms with Gasteiger partial charge in [-0.3, -0.25) is 0 Å². The third kappa shape index (κ3) is 6.11. The predicted octanol–water partition coefficient (Wildman–Crippen LogP) is 3.20. The second-order valence-corrected chi connectivity index (χ2v) is 5.47. The minimum atomic E-state index is 0.157. The lowest BCUT2D eigenvalue weighted by molar-refractivity contribution is 0.241. The molecule has 0 aliphatic carbocycles. The Kier molecular flexibility index (Phi) is 6.99. The van der Waals surface area contributed by atoms with E-state index in [1.54, 1.807) is 0 Å². The molecule has 0 saturated heterocycles. The number of nitrogens with one attached hydrogen (secondary N) is 1. The summed E-state index contributed by atoms with van der Waals surface area (Å²) in [6.07, 6.45) is 4.34. The van der Waals surface area contributed by atoms with E-state index in [4.69, 9.17) is 0 Å². The summed E-state index contributed by atoms with van der Waals surface area (Å²) >= 11 is 0. The Morgan fingerprint density at radius 3 is 2.05 bits per heavy atom. The van der Waals surface area contributed by atoms with Gasteiger partial charge in [-0.15, -0.1) is 0 Å². The number of aryl methyl sites for hydroxylation is 1. The van der Waals surface area contributed by atoms with Crippen LogP contribution in [-0.4, -0.2) is 24.3 Å². The van der Waals surface area contributed by atoms with Gasteiger partial charge in [-0.1, -0.05) is 60.7 Å². The quantitative estimate of drug-likeness (QED) is 0.693. The Morgan fingerprint density at radius 1 is 0.810 bits per heavy atom. The van der Waals surface area contributed by atoms with Crippen LogP contribution in [0, 0.1) is 0 Å². The molecule has 2 aromatic carbocycles. The Bertz CT molecular complexity index is 483. The van der Waals surface area contributed by atoms with Crippen molar-refractivity contribution < 1.29 is 5.11 Å². The van der Waals surface area contributed by atoms with Crippen molar-refractivity contribution in [1.29, 1.82) is 0 Å². The summed E-state index contributed by atoms with van der Waals surface area (Å²) in [5.41, 5.74) is 2.67. The Morgan fingerprint density at radius 2 is 1.43 bits per heavy atom. The number of aliphatic hydroxyl groups is 1. The van der Waals surface area contributed by atoms with Gasteiger partial charge in [0, 0.05) is 6.04 Å². The van der Waals surface area contributed by atoms with Crippen molar-refractivity contribution in [3.63, 3.8) is 0 Å². The highest BCUT2D eigenvalue weighted by atomic mass is 16.3. The first-order chi connectivity index (χ1) is 10.4. The molecule has 2 rings (SSSR count). The third-order valence-electron chi connectivity index (χ3n) is 3.71. The van der Waals surface area contributed by atoms with Gasteiger partial charge in [0.1, 0.15) is 0 Å². The molecule has 0 fully saturated rings. The second-order valence-electron chi connectivity index (χ2n) is 5.47. The minimum Gasteiger partial charge on any atom is -0.395 e. The highest BCUT2D eigenvalue weighted by Crippen LogP contribution is 2.05. The van der Waals surface area contributed by atoms with Crippen LogP contribution in [-0.2, 0) is 12.8 Å². The van der Waals surface area contributed by atoms with Crippen molar-refractivity contribution in [2.45, 2.75) is 31.7 Å². The van der Waals surface area contributed by atoms with Crippen LogP contribution in [0.5, 0.6) is 0 Å². The summed E-state index contributed by atoms with van der Waals surface area (Å²) in [6.45, 7) is 1.15. The van der Waals surface area contributed by atoms with E-state index in [2.05, 4.69) is 47.8 Å². The molecular weight excluding hydrogens is 258 g/mol. The van der Waals surface area contributed by atoms with Gasteiger partial charge in [-0.2, -0.15) is 0 Å². The van der Waals surface area contributed by atoms with Crippen LogP contribution >= 0.6 is 0 Å². The number of aliphatic hydroxyl groups excluding tert-OH is 1. The average Bonchev–Trinajstić information content (AvgIpc) is 2.55. The molecule has 0 heterocycles. The standard InChI is InChI=1S/C19H25NO/c21-16-19(15-18-12-5-2-6-13-18)20-14-8-7-11-17-9-3-1-4-10-17/h1-6,9-10,12-13,19-21H,7-8,11,14-16H2. The summed E-state index contributed by atoms with van der Waals surface area (Å²) < 4.78 is 0. The minimum absolute atomic E-state index is 0.157. The Hall–Kier alpha value is -1.64. The van der Waals surface area contributed by atoms with Crippen LogP contribution in [0.25, 0.3) is 0 Å². The first kappa shape index (κ1) is 15.7. The molecule has 112 valence electrons. The number of unbranched alkanes of at least 4 members (excludes halogenated alkanes) is 1. The lowest BCUT2D eigenvalue weighted by Crippen LogP contribution is -2.35. The summed E-state index contributed by atoms with van der Waals surface area (Å²) in [5, 5.41) is 12.9. The van der Waals surface area contributed by atoms with E-state index in [1.807, 2.05) is 18.2 Å². The molecule has 0 aliphatic rings. The van der Waals surface area contributed by atoms with Crippen LogP contribution in [0.4, 0.5) is 0 Å². The van der Waals surface area contributed by atoms with Gasteiger partial charge in [0.25, 0.3) is 0 Å². The topological polar surface area (TPSA) is 32.3 Å². The number of rotatable bonds is 9. The van der Waals surface area contributed by atoms with E-state index in [0.29, 0.717) is 0 Å². The fraction of sp³-hybridized carbons (Fsp3) is 0.368. The van der Waals surface area contributed by atoms with Gasteiger partial charge < -0.3 is 10.4 Å². The molecule has 2 N–H and O–H groups in total. The normalized spacial score (nSPS) is 12.2. The van der Waals surface area contributed by atoms with E-state index in [-0.39, 0.29) is 12.6 Å². The van der Waals surface area contributed by atoms with Crippen LogP contribution < -0.4 is 5.32 Å². The van der Waals surface area contributed by atoms with Crippen molar-refractivity contribution in [2.75, 3.05) is 13.2 Å². The summed E-state index contributed by atoms with van der Waals surface area (Å²) in [6, 6.07) is 21.1. The zero-order valence-electron chi connectivity index (χ0n) is 12.5. The molecule has 0 aliphatic heterocycles. The first-order valence-electron chi connectivity index (χ1n) is 7.80. The second kappa shape index (κ2) is 9.32. The summed E-state index contributed by atoms with van der Waals surface area (Å²) in [4.78, 5) is 0. The molecular formula is C19H25NO. The maximum absolute atomic E-state index is 9.46. The van der Waals surface area contributed by atoms with E-state index in [0.717, 1.165) is 25.8 Å². The van der Waals surface area contributed by atoms with E-state index >= 15 is 0 Å². The SMILES string of the molecule is OCC(Cc1ccccc1)NCCCCc1ccccc1. The fourth-order valence-electron chi connectivity index (χ4n) is 2.50. The fourth-order valence-corrected chi connectivity index (χ4v) is 2.50. The lowest BCUT2D eigenvalue weighted by atomic mass is 10.1. The first-order valence-corrected chi connectivity index (χ1v) is 7.80. The van der Waals surface area contributed by atoms with Crippen LogP contribution in [0.3, 0.4) is 0 Å². The largest absolute Gasteiger partial charge is 0.395 e. The van der Waals surface area contributed by atoms with Gasteiger partial charge in [-0.25, -0.2) is 0 Å². The van der Waals surface area contributed by atoms with Gasteiger partial charge in [0.15, 0.2) is 0 Å². The molecule has 0 spiro atoms. The number of hydrogen-bond acceptors (Lipinski definition) is 2. The van der Waals surface area contributed by atoms with Crippen LogP contribution in [0.15, 0.2) is 60.7 Å². The molecule has 2 heteroatoms. The molecule has 0 amide bonds. The Labute approximate surface area is 127 Å². The zero-order valence-corrected chi connectivity index (χ0v) is 12.5. The van der Waals surface area contributed by atoms with Gasteiger partial charge >= 0.3 is 0 Å². The van der Waals surface area contributed by atoms with Crippen molar-refractivity contribution in [3.05, 3.63) is 71.8 Å². The summed E-state index contributed by atoms with van der Waals surface area (Å²) in [5.74, 6) is 0. The molecule has 0 aromatic heterocycles. The predicted molar refractivity (Wildman–Crippen MR) is 88.4 cm³/mol. The molecule has 0 saturated carbocycles. The van der Waals surface area contributed by atoms with E-state index in [1.165, 1.54) is 17.5 Å². The molecule has 2 aromatic rings. The number of benzene rings is 2. The molecule has 1 atom stereocenters. The smallest absolute Gasteiger partial charge is 0.0587 e. The summed E-state index contributed by atoms with van der Waals surface area (Å²) in [7, 11) is 0. The van der Waals surface area contributed by atoms with Gasteiger partial charge in [0.2, 0.25) is 0 Å². The van der Waals surface area contributed by atoms with Crippen LogP contribution in [0.2, 0.25) is 0 Å². The molecule has 21 heavy (non-hydrogen) atoms. The molecule has 0 bridgehead atoms. The average molecular weight is 283 g/mol. The lowest BCUT2D eigenvalue weighted by Gasteiger charge is -2.16. The highest BCUT2D eigenvalue weighted by Gasteiger charge is 2.06. The molecule has 0 radical (unpaired) electrons. The highest BCUT2D eigenvalue weighted by molar-refractivity contribution is 5.16. The molecule has 1 unspecified atom stereocenters. The van der Waals surface area contributed by atoms with Gasteiger partial charge in [-0.05, 0) is 43.4 Å². The zero-order chi connectivity index (χ0) is 14.8. The third-order valence-corrected chi connectivity index (χ3v) is 3.71. The number of hydrogen-bond donors (Lipinski definition) is 2. The van der Waals surface area contributed by atoms with E-state index < -0.39 is 0 Å². The van der Waals surface area contributed by atoms with Crippen molar-refractivity contribution in [2.24, 2.45) is 0 Å². The van der Waals surface area contributed by atoms with E-state index in [9.17, 15) is 5.11 Å².